The van der Waals surface area contributed by atoms with Crippen molar-refractivity contribution in [3.05, 3.63) is 28.2 Å². The van der Waals surface area contributed by atoms with Gasteiger partial charge in [0.25, 0.3) is 0 Å². The zero-order valence-electron chi connectivity index (χ0n) is 10.3. The molecule has 0 amide bonds. The van der Waals surface area contributed by atoms with E-state index in [1.54, 1.807) is 0 Å². The molecule has 0 aromatic heterocycles. The highest BCUT2D eigenvalue weighted by Gasteiger charge is 2.39. The van der Waals surface area contributed by atoms with Crippen molar-refractivity contribution in [2.75, 3.05) is 6.61 Å². The maximum atomic E-state index is 6.01. The van der Waals surface area contributed by atoms with Crippen LogP contribution in [0.2, 0.25) is 0 Å². The largest absolute Gasteiger partial charge is 0.493 e. The smallest absolute Gasteiger partial charge is 0.122 e. The number of rotatable bonds is 3. The van der Waals surface area contributed by atoms with E-state index in [1.165, 1.54) is 31.2 Å². The normalized spacial score (nSPS) is 30.8. The lowest BCUT2D eigenvalue weighted by Gasteiger charge is -2.22. The maximum absolute atomic E-state index is 6.01. The van der Waals surface area contributed by atoms with Crippen LogP contribution in [-0.2, 0) is 0 Å². The molecule has 0 heterocycles. The fraction of sp³-hybridized carbons (Fsp3) is 0.600. The van der Waals surface area contributed by atoms with Crippen molar-refractivity contribution in [2.45, 2.75) is 32.6 Å². The first-order valence-corrected chi connectivity index (χ1v) is 7.40. The van der Waals surface area contributed by atoms with Crippen molar-refractivity contribution in [1.29, 1.82) is 0 Å². The molecule has 2 aliphatic rings. The van der Waals surface area contributed by atoms with Crippen molar-refractivity contribution in [1.82, 2.24) is 0 Å². The van der Waals surface area contributed by atoms with Crippen molar-refractivity contribution in [2.24, 2.45) is 17.8 Å². The zero-order chi connectivity index (χ0) is 11.8. The average Bonchev–Trinajstić information content (AvgIpc) is 2.89. The van der Waals surface area contributed by atoms with E-state index < -0.39 is 0 Å². The third-order valence-corrected chi connectivity index (χ3v) is 4.97. The highest BCUT2D eigenvalue weighted by Crippen LogP contribution is 2.48. The first kappa shape index (κ1) is 11.6. The van der Waals surface area contributed by atoms with Gasteiger partial charge in [-0.25, -0.2) is 0 Å². The van der Waals surface area contributed by atoms with E-state index in [4.69, 9.17) is 4.74 Å². The van der Waals surface area contributed by atoms with Gasteiger partial charge in [0, 0.05) is 4.47 Å². The van der Waals surface area contributed by atoms with Gasteiger partial charge in [-0.3, -0.25) is 0 Å². The molecule has 0 radical (unpaired) electrons. The van der Waals surface area contributed by atoms with Crippen LogP contribution in [0.3, 0.4) is 0 Å². The highest BCUT2D eigenvalue weighted by atomic mass is 79.9. The van der Waals surface area contributed by atoms with E-state index in [0.717, 1.165) is 34.6 Å². The predicted octanol–water partition coefficient (Wildman–Crippen LogP) is 4.57. The molecule has 2 aliphatic carbocycles. The summed E-state index contributed by atoms with van der Waals surface area (Å²) in [4.78, 5) is 0. The van der Waals surface area contributed by atoms with Crippen molar-refractivity contribution >= 4 is 15.9 Å². The second-order valence-electron chi connectivity index (χ2n) is 5.66. The summed E-state index contributed by atoms with van der Waals surface area (Å²) in [7, 11) is 0. The second kappa shape index (κ2) is 4.64. The molecule has 3 rings (SSSR count). The molecular weight excluding hydrogens is 276 g/mol. The van der Waals surface area contributed by atoms with Gasteiger partial charge in [-0.15, -0.1) is 0 Å². The molecule has 1 aromatic carbocycles. The first-order chi connectivity index (χ1) is 8.22. The Kier molecular flexibility index (Phi) is 3.16. The Labute approximate surface area is 112 Å². The molecule has 2 heteroatoms. The van der Waals surface area contributed by atoms with Gasteiger partial charge in [0.05, 0.1) is 6.61 Å². The number of hydrogen-bond donors (Lipinski definition) is 0. The van der Waals surface area contributed by atoms with Crippen LogP contribution in [0, 0.1) is 24.7 Å². The fourth-order valence-corrected chi connectivity index (χ4v) is 4.03. The van der Waals surface area contributed by atoms with Gasteiger partial charge in [0.1, 0.15) is 5.75 Å². The molecule has 0 spiro atoms. The molecule has 2 saturated carbocycles. The number of aryl methyl sites for hydroxylation is 1. The van der Waals surface area contributed by atoms with Gasteiger partial charge in [0.2, 0.25) is 0 Å². The van der Waals surface area contributed by atoms with E-state index in [-0.39, 0.29) is 0 Å². The number of hydrogen-bond acceptors (Lipinski definition) is 1. The van der Waals surface area contributed by atoms with Crippen LogP contribution in [-0.4, -0.2) is 6.61 Å². The molecule has 0 N–H and O–H groups in total. The summed E-state index contributed by atoms with van der Waals surface area (Å²) in [6, 6.07) is 6.26. The molecule has 2 bridgehead atoms. The molecule has 3 unspecified atom stereocenters. The van der Waals surface area contributed by atoms with Crippen LogP contribution >= 0.6 is 15.9 Å². The number of halogens is 1. The zero-order valence-corrected chi connectivity index (χ0v) is 11.9. The van der Waals surface area contributed by atoms with Crippen molar-refractivity contribution < 1.29 is 4.74 Å². The van der Waals surface area contributed by atoms with Gasteiger partial charge in [0.15, 0.2) is 0 Å². The molecule has 2 fully saturated rings. The van der Waals surface area contributed by atoms with E-state index in [0.29, 0.717) is 0 Å². The Morgan fingerprint density at radius 1 is 1.29 bits per heavy atom. The quantitative estimate of drug-likeness (QED) is 0.793. The summed E-state index contributed by atoms with van der Waals surface area (Å²) in [6.45, 7) is 3.03. The minimum Gasteiger partial charge on any atom is -0.493 e. The van der Waals surface area contributed by atoms with Crippen LogP contribution in [0.5, 0.6) is 5.75 Å². The standard InChI is InChI=1S/C15H19BrO/c1-10-6-14(16)4-5-15(10)17-9-13-8-11-2-3-12(13)7-11/h4-6,11-13H,2-3,7-9H2,1H3. The fourth-order valence-electron chi connectivity index (χ4n) is 3.55. The highest BCUT2D eigenvalue weighted by molar-refractivity contribution is 9.10. The predicted molar refractivity (Wildman–Crippen MR) is 73.3 cm³/mol. The lowest BCUT2D eigenvalue weighted by atomic mass is 9.89. The topological polar surface area (TPSA) is 9.23 Å². The Morgan fingerprint density at radius 3 is 2.82 bits per heavy atom. The van der Waals surface area contributed by atoms with Crippen molar-refractivity contribution in [3.63, 3.8) is 0 Å². The SMILES string of the molecule is Cc1cc(Br)ccc1OCC1CC2CCC1C2. The van der Waals surface area contributed by atoms with Gasteiger partial charge < -0.3 is 4.74 Å². The average molecular weight is 295 g/mol. The monoisotopic (exact) mass is 294 g/mol. The van der Waals surface area contributed by atoms with Crippen LogP contribution in [0.4, 0.5) is 0 Å². The third kappa shape index (κ3) is 2.37. The Bertz CT molecular complexity index is 415. The third-order valence-electron chi connectivity index (χ3n) is 4.47. The minimum absolute atomic E-state index is 0.816. The van der Waals surface area contributed by atoms with E-state index >= 15 is 0 Å². The van der Waals surface area contributed by atoms with Gasteiger partial charge in [-0.2, -0.15) is 0 Å². The van der Waals surface area contributed by atoms with Gasteiger partial charge >= 0.3 is 0 Å². The Morgan fingerprint density at radius 2 is 2.18 bits per heavy atom. The maximum Gasteiger partial charge on any atom is 0.122 e. The number of benzene rings is 1. The van der Waals surface area contributed by atoms with Crippen LogP contribution in [0.1, 0.15) is 31.2 Å². The van der Waals surface area contributed by atoms with E-state index in [9.17, 15) is 0 Å². The number of ether oxygens (including phenoxy) is 1. The van der Waals surface area contributed by atoms with Crippen molar-refractivity contribution in [3.8, 4) is 5.75 Å². The Balaban J connectivity index is 1.60. The molecular formula is C15H19BrO. The summed E-state index contributed by atoms with van der Waals surface area (Å²) in [6.07, 6.45) is 5.78. The number of fused-ring (bicyclic) bond motifs is 2. The van der Waals surface area contributed by atoms with Crippen LogP contribution in [0.25, 0.3) is 0 Å². The van der Waals surface area contributed by atoms with E-state index in [1.807, 2.05) is 0 Å². The van der Waals surface area contributed by atoms with Crippen LogP contribution < -0.4 is 4.74 Å². The molecule has 1 aromatic rings. The summed E-state index contributed by atoms with van der Waals surface area (Å²) < 4.78 is 7.13. The van der Waals surface area contributed by atoms with Gasteiger partial charge in [-0.1, -0.05) is 22.4 Å². The Hall–Kier alpha value is -0.500. The lowest BCUT2D eigenvalue weighted by Crippen LogP contribution is -2.18. The molecule has 0 aliphatic heterocycles. The molecule has 1 nitrogen and oxygen atoms in total. The minimum atomic E-state index is 0.816. The van der Waals surface area contributed by atoms with E-state index in [2.05, 4.69) is 41.1 Å². The summed E-state index contributed by atoms with van der Waals surface area (Å²) in [5.74, 6) is 3.84. The van der Waals surface area contributed by atoms with Gasteiger partial charge in [-0.05, 0) is 67.7 Å². The molecule has 0 saturated heterocycles. The molecule has 92 valence electrons. The second-order valence-corrected chi connectivity index (χ2v) is 6.57. The summed E-state index contributed by atoms with van der Waals surface area (Å²) in [5, 5.41) is 0. The summed E-state index contributed by atoms with van der Waals surface area (Å²) in [5.41, 5.74) is 1.22. The molecule has 17 heavy (non-hydrogen) atoms. The lowest BCUT2D eigenvalue weighted by molar-refractivity contribution is 0.194. The molecule has 3 atom stereocenters. The first-order valence-electron chi connectivity index (χ1n) is 6.61. The van der Waals surface area contributed by atoms with Crippen LogP contribution in [0.15, 0.2) is 22.7 Å². The summed E-state index contributed by atoms with van der Waals surface area (Å²) >= 11 is 3.48.